The maximum absolute atomic E-state index is 11.3. The molecule has 1 aliphatic rings. The molecule has 134 valence electrons. The Morgan fingerprint density at radius 2 is 2.19 bits per heavy atom. The fourth-order valence-corrected chi connectivity index (χ4v) is 3.35. The van der Waals surface area contributed by atoms with Gasteiger partial charge in [0.25, 0.3) is 0 Å². The molecule has 1 atom stereocenters. The number of hydrogen-bond donors (Lipinski definition) is 1. The molecule has 1 N–H and O–H groups in total. The zero-order valence-electron chi connectivity index (χ0n) is 13.5. The lowest BCUT2D eigenvalue weighted by molar-refractivity contribution is -0.150. The van der Waals surface area contributed by atoms with E-state index in [4.69, 9.17) is 27.9 Å². The highest BCUT2D eigenvalue weighted by Crippen LogP contribution is 2.35. The van der Waals surface area contributed by atoms with Crippen molar-refractivity contribution in [2.45, 2.75) is 6.10 Å². The summed E-state index contributed by atoms with van der Waals surface area (Å²) in [7, 11) is 0. The molecular weight excluding hydrogens is 379 g/mol. The first kappa shape index (κ1) is 17.1. The van der Waals surface area contributed by atoms with Crippen LogP contribution in [0.15, 0.2) is 36.9 Å². The summed E-state index contributed by atoms with van der Waals surface area (Å²) in [6.45, 7) is 1.04. The molecule has 1 aromatic carbocycles. The summed E-state index contributed by atoms with van der Waals surface area (Å²) in [5.41, 5.74) is 1.39. The van der Waals surface area contributed by atoms with Crippen LogP contribution >= 0.6 is 23.2 Å². The average molecular weight is 393 g/mol. The van der Waals surface area contributed by atoms with Gasteiger partial charge in [-0.05, 0) is 12.1 Å². The third-order valence-corrected chi connectivity index (χ3v) is 5.08. The van der Waals surface area contributed by atoms with Crippen LogP contribution in [0.4, 0.5) is 5.82 Å². The van der Waals surface area contributed by atoms with Gasteiger partial charge in [0.1, 0.15) is 5.82 Å². The van der Waals surface area contributed by atoms with Crippen molar-refractivity contribution >= 4 is 45.9 Å². The van der Waals surface area contributed by atoms with Gasteiger partial charge < -0.3 is 19.3 Å². The van der Waals surface area contributed by atoms with Gasteiger partial charge in [-0.3, -0.25) is 0 Å². The molecular formula is C17H14Cl2N4O3. The third-order valence-electron chi connectivity index (χ3n) is 4.29. The molecule has 2 aromatic heterocycles. The molecule has 3 aromatic rings. The topological polar surface area (TPSA) is 80.5 Å². The molecule has 0 spiro atoms. The molecule has 0 amide bonds. The number of benzene rings is 1. The number of halogens is 2. The second kappa shape index (κ2) is 6.75. The van der Waals surface area contributed by atoms with Crippen LogP contribution in [0.25, 0.3) is 16.6 Å². The number of carbonyl (C=O) groups is 1. The van der Waals surface area contributed by atoms with E-state index in [9.17, 15) is 9.90 Å². The smallest absolute Gasteiger partial charge is 0.334 e. The summed E-state index contributed by atoms with van der Waals surface area (Å²) in [5.74, 6) is -0.383. The van der Waals surface area contributed by atoms with Crippen LogP contribution in [0.2, 0.25) is 10.0 Å². The van der Waals surface area contributed by atoms with Gasteiger partial charge in [-0.2, -0.15) is 0 Å². The van der Waals surface area contributed by atoms with Crippen molar-refractivity contribution in [2.24, 2.45) is 0 Å². The van der Waals surface area contributed by atoms with Crippen LogP contribution in [0, 0.1) is 0 Å². The van der Waals surface area contributed by atoms with E-state index in [2.05, 4.69) is 9.97 Å². The third kappa shape index (κ3) is 2.98. The van der Waals surface area contributed by atoms with Crippen LogP contribution in [0.3, 0.4) is 0 Å². The van der Waals surface area contributed by atoms with Crippen LogP contribution in [0.5, 0.6) is 0 Å². The van der Waals surface area contributed by atoms with E-state index in [1.54, 1.807) is 18.6 Å². The largest absolute Gasteiger partial charge is 0.479 e. The van der Waals surface area contributed by atoms with E-state index in [-0.39, 0.29) is 6.54 Å². The molecule has 1 unspecified atom stereocenters. The van der Waals surface area contributed by atoms with Crippen molar-refractivity contribution in [1.29, 1.82) is 0 Å². The molecule has 9 heteroatoms. The number of imidazole rings is 1. The van der Waals surface area contributed by atoms with Crippen LogP contribution in [-0.2, 0) is 9.53 Å². The Kier molecular flexibility index (Phi) is 4.44. The van der Waals surface area contributed by atoms with Crippen LogP contribution in [-0.4, -0.2) is 51.4 Å². The second-order valence-corrected chi connectivity index (χ2v) is 6.66. The minimum Gasteiger partial charge on any atom is -0.479 e. The fraction of sp³-hybridized carbons (Fsp3) is 0.235. The predicted molar refractivity (Wildman–Crippen MR) is 98.5 cm³/mol. The first-order valence-electron chi connectivity index (χ1n) is 7.91. The van der Waals surface area contributed by atoms with Gasteiger partial charge in [0.2, 0.25) is 0 Å². The number of nitrogens with zero attached hydrogens (tertiary/aromatic N) is 4. The zero-order chi connectivity index (χ0) is 18.3. The van der Waals surface area contributed by atoms with E-state index in [1.165, 1.54) is 0 Å². The Hall–Kier alpha value is -2.35. The standard InChI is InChI=1S/C17H14Cl2N4O3/c18-11-2-1-10-12(23-4-3-20-9-23)7-14(21-16(10)15(11)19)22-5-6-26-13(8-22)17(24)25/h1-4,7,9,13H,5-6,8H2,(H,24,25). The molecule has 0 bridgehead atoms. The van der Waals surface area contributed by atoms with E-state index >= 15 is 0 Å². The molecule has 26 heavy (non-hydrogen) atoms. The van der Waals surface area contributed by atoms with Crippen molar-refractivity contribution in [1.82, 2.24) is 14.5 Å². The molecule has 0 aliphatic carbocycles. The zero-order valence-corrected chi connectivity index (χ0v) is 15.0. The number of morpholine rings is 1. The number of aromatic nitrogens is 3. The van der Waals surface area contributed by atoms with Crippen molar-refractivity contribution in [3.8, 4) is 5.69 Å². The number of carboxylic acids is 1. The van der Waals surface area contributed by atoms with Gasteiger partial charge >= 0.3 is 5.97 Å². The van der Waals surface area contributed by atoms with E-state index < -0.39 is 12.1 Å². The van der Waals surface area contributed by atoms with Gasteiger partial charge in [0.05, 0.1) is 40.7 Å². The minimum atomic E-state index is -0.994. The summed E-state index contributed by atoms with van der Waals surface area (Å²) in [4.78, 5) is 21.9. The second-order valence-electron chi connectivity index (χ2n) is 5.87. The Morgan fingerprint density at radius 1 is 1.35 bits per heavy atom. The van der Waals surface area contributed by atoms with Crippen molar-refractivity contribution in [2.75, 3.05) is 24.6 Å². The molecule has 7 nitrogen and oxygen atoms in total. The number of hydrogen-bond acceptors (Lipinski definition) is 5. The van der Waals surface area contributed by atoms with E-state index in [0.717, 1.165) is 11.1 Å². The van der Waals surface area contributed by atoms with Gasteiger partial charge in [-0.25, -0.2) is 14.8 Å². The Balaban J connectivity index is 1.88. The van der Waals surface area contributed by atoms with E-state index in [0.29, 0.717) is 34.5 Å². The summed E-state index contributed by atoms with van der Waals surface area (Å²) >= 11 is 12.6. The first-order chi connectivity index (χ1) is 12.5. The Labute approximate surface area is 158 Å². The average Bonchev–Trinajstić information content (AvgIpc) is 3.18. The highest BCUT2D eigenvalue weighted by molar-refractivity contribution is 6.45. The molecule has 4 rings (SSSR count). The van der Waals surface area contributed by atoms with Gasteiger partial charge in [0, 0.05) is 30.4 Å². The van der Waals surface area contributed by atoms with Gasteiger partial charge in [0.15, 0.2) is 6.10 Å². The number of fused-ring (bicyclic) bond motifs is 1. The normalized spacial score (nSPS) is 17.6. The number of rotatable bonds is 3. The van der Waals surface area contributed by atoms with Crippen LogP contribution < -0.4 is 4.90 Å². The summed E-state index contributed by atoms with van der Waals surface area (Å²) in [6.07, 6.45) is 4.28. The Bertz CT molecular complexity index is 978. The molecule has 0 radical (unpaired) electrons. The minimum absolute atomic E-state index is 0.204. The number of carboxylic acid groups (broad SMARTS) is 1. The molecule has 1 aliphatic heterocycles. The summed E-state index contributed by atoms with van der Waals surface area (Å²) < 4.78 is 7.15. The van der Waals surface area contributed by atoms with Crippen molar-refractivity contribution in [3.63, 3.8) is 0 Å². The maximum Gasteiger partial charge on any atom is 0.334 e. The molecule has 0 saturated carbocycles. The summed E-state index contributed by atoms with van der Waals surface area (Å²) in [6, 6.07) is 5.47. The molecule has 3 heterocycles. The fourth-order valence-electron chi connectivity index (χ4n) is 2.99. The van der Waals surface area contributed by atoms with Crippen molar-refractivity contribution < 1.29 is 14.6 Å². The summed E-state index contributed by atoms with van der Waals surface area (Å²) in [5, 5.41) is 10.8. The molecule has 1 fully saturated rings. The lowest BCUT2D eigenvalue weighted by atomic mass is 10.1. The lowest BCUT2D eigenvalue weighted by Gasteiger charge is -2.32. The Morgan fingerprint density at radius 3 is 2.92 bits per heavy atom. The SMILES string of the molecule is O=C(O)C1CN(c2cc(-n3ccnc3)c3ccc(Cl)c(Cl)c3n2)CCO1. The molecule has 1 saturated heterocycles. The quantitative estimate of drug-likeness (QED) is 0.737. The highest BCUT2D eigenvalue weighted by Gasteiger charge is 2.27. The van der Waals surface area contributed by atoms with E-state index in [1.807, 2.05) is 27.8 Å². The number of ether oxygens (including phenoxy) is 1. The number of pyridine rings is 1. The maximum atomic E-state index is 11.3. The van der Waals surface area contributed by atoms with Crippen molar-refractivity contribution in [3.05, 3.63) is 47.0 Å². The lowest BCUT2D eigenvalue weighted by Crippen LogP contribution is -2.46. The number of aliphatic carboxylic acids is 1. The van der Waals surface area contributed by atoms with Gasteiger partial charge in [-0.1, -0.05) is 23.2 Å². The highest BCUT2D eigenvalue weighted by atomic mass is 35.5. The predicted octanol–water partition coefficient (Wildman–Crippen LogP) is 3.02. The van der Waals surface area contributed by atoms with Gasteiger partial charge in [-0.15, -0.1) is 0 Å². The monoisotopic (exact) mass is 392 g/mol. The first-order valence-corrected chi connectivity index (χ1v) is 8.66. The van der Waals surface area contributed by atoms with Crippen LogP contribution in [0.1, 0.15) is 0 Å². The number of anilines is 1.